The number of aromatic nitrogens is 2. The van der Waals surface area contributed by atoms with Crippen LogP contribution in [-0.2, 0) is 6.54 Å². The van der Waals surface area contributed by atoms with Crippen LogP contribution in [0, 0.1) is 6.92 Å². The molecular formula is C27H29N5O. The van der Waals surface area contributed by atoms with Crippen molar-refractivity contribution >= 4 is 11.6 Å². The summed E-state index contributed by atoms with van der Waals surface area (Å²) < 4.78 is 2.23. The van der Waals surface area contributed by atoms with E-state index >= 15 is 0 Å². The fourth-order valence-corrected chi connectivity index (χ4v) is 4.48. The number of hydrogen-bond acceptors (Lipinski definition) is 4. The Morgan fingerprint density at radius 1 is 0.939 bits per heavy atom. The molecule has 168 valence electrons. The van der Waals surface area contributed by atoms with Crippen LogP contribution in [0.25, 0.3) is 28.0 Å². The second kappa shape index (κ2) is 8.81. The van der Waals surface area contributed by atoms with E-state index in [1.54, 1.807) is 12.1 Å². The van der Waals surface area contributed by atoms with Crippen molar-refractivity contribution in [1.29, 1.82) is 0 Å². The summed E-state index contributed by atoms with van der Waals surface area (Å²) in [5.74, 6) is -0.419. The molecule has 0 bridgehead atoms. The third-order valence-corrected chi connectivity index (χ3v) is 6.48. The number of nitrogens with zero attached hydrogens (tertiary/aromatic N) is 4. The number of piperazine rings is 1. The van der Waals surface area contributed by atoms with Crippen molar-refractivity contribution in [3.63, 3.8) is 0 Å². The predicted octanol–water partition coefficient (Wildman–Crippen LogP) is 3.82. The van der Waals surface area contributed by atoms with Gasteiger partial charge in [0.1, 0.15) is 5.65 Å². The Morgan fingerprint density at radius 3 is 2.36 bits per heavy atom. The van der Waals surface area contributed by atoms with Crippen molar-refractivity contribution in [2.24, 2.45) is 5.73 Å². The van der Waals surface area contributed by atoms with E-state index in [1.165, 1.54) is 16.7 Å². The number of aryl methyl sites for hydroxylation is 1. The molecule has 4 aromatic rings. The van der Waals surface area contributed by atoms with Crippen molar-refractivity contribution in [3.8, 4) is 22.4 Å². The Hall–Kier alpha value is -3.48. The first-order valence-electron chi connectivity index (χ1n) is 11.4. The highest BCUT2D eigenvalue weighted by molar-refractivity contribution is 5.93. The lowest BCUT2D eigenvalue weighted by Gasteiger charge is -2.32. The molecule has 0 radical (unpaired) electrons. The molecule has 5 rings (SSSR count). The molecule has 6 heteroatoms. The first-order valence-corrected chi connectivity index (χ1v) is 11.4. The van der Waals surface area contributed by atoms with Crippen LogP contribution in [0.1, 0.15) is 21.6 Å². The molecule has 1 aliphatic heterocycles. The maximum atomic E-state index is 11.5. The summed E-state index contributed by atoms with van der Waals surface area (Å²) in [7, 11) is 2.17. The number of pyridine rings is 1. The molecule has 6 nitrogen and oxygen atoms in total. The van der Waals surface area contributed by atoms with Gasteiger partial charge in [-0.3, -0.25) is 9.69 Å². The number of fused-ring (bicyclic) bond motifs is 1. The van der Waals surface area contributed by atoms with Gasteiger partial charge in [0.25, 0.3) is 0 Å². The van der Waals surface area contributed by atoms with Crippen LogP contribution in [0.5, 0.6) is 0 Å². The molecule has 1 amide bonds. The number of carbonyl (C=O) groups excluding carboxylic acids is 1. The number of imidazole rings is 1. The van der Waals surface area contributed by atoms with Gasteiger partial charge < -0.3 is 15.0 Å². The largest absolute Gasteiger partial charge is 0.366 e. The van der Waals surface area contributed by atoms with E-state index in [0.29, 0.717) is 5.56 Å². The Kier molecular flexibility index (Phi) is 5.70. The zero-order chi connectivity index (χ0) is 22.9. The zero-order valence-corrected chi connectivity index (χ0v) is 19.2. The van der Waals surface area contributed by atoms with Gasteiger partial charge in [0.05, 0.1) is 11.4 Å². The standard InChI is InChI=1S/C27H29N5O/c1-19-4-3-5-22(16-19)23-10-11-25-29-26(20-6-8-21(9-7-20)27(28)33)24(32(25)17-23)18-31-14-12-30(2)13-15-31/h3-11,16-17H,12-15,18H2,1-2H3,(H2,28,33). The fraction of sp³-hybridized carbons (Fsp3) is 0.259. The maximum absolute atomic E-state index is 11.5. The number of likely N-dealkylation sites (N-methyl/N-ethyl adjacent to an activating group) is 1. The normalized spacial score (nSPS) is 15.2. The van der Waals surface area contributed by atoms with Gasteiger partial charge in [0.2, 0.25) is 5.91 Å². The number of rotatable bonds is 5. The lowest BCUT2D eigenvalue weighted by atomic mass is 10.1. The van der Waals surface area contributed by atoms with Crippen molar-refractivity contribution in [3.05, 3.63) is 83.7 Å². The maximum Gasteiger partial charge on any atom is 0.248 e. The van der Waals surface area contributed by atoms with Crippen LogP contribution in [0.2, 0.25) is 0 Å². The van der Waals surface area contributed by atoms with Crippen LogP contribution < -0.4 is 5.73 Å². The van der Waals surface area contributed by atoms with E-state index in [1.807, 2.05) is 12.1 Å². The number of hydrogen-bond donors (Lipinski definition) is 1. The molecule has 0 saturated carbocycles. The monoisotopic (exact) mass is 439 g/mol. The molecule has 1 aliphatic rings. The summed E-state index contributed by atoms with van der Waals surface area (Å²) in [4.78, 5) is 21.4. The van der Waals surface area contributed by atoms with Gasteiger partial charge in [0, 0.05) is 50.0 Å². The predicted molar refractivity (Wildman–Crippen MR) is 132 cm³/mol. The highest BCUT2D eigenvalue weighted by Crippen LogP contribution is 2.29. The number of benzene rings is 2. The third-order valence-electron chi connectivity index (χ3n) is 6.48. The van der Waals surface area contributed by atoms with Gasteiger partial charge in [0.15, 0.2) is 0 Å². The third kappa shape index (κ3) is 4.40. The first-order chi connectivity index (χ1) is 16.0. The molecule has 0 aliphatic carbocycles. The van der Waals surface area contributed by atoms with Crippen molar-refractivity contribution in [2.75, 3.05) is 33.2 Å². The van der Waals surface area contributed by atoms with E-state index in [9.17, 15) is 4.79 Å². The summed E-state index contributed by atoms with van der Waals surface area (Å²) in [6.45, 7) is 7.12. The molecule has 3 heterocycles. The van der Waals surface area contributed by atoms with Crippen molar-refractivity contribution < 1.29 is 4.79 Å². The van der Waals surface area contributed by atoms with Crippen LogP contribution in [-0.4, -0.2) is 58.3 Å². The lowest BCUT2D eigenvalue weighted by molar-refractivity contribution is 0.100. The van der Waals surface area contributed by atoms with Crippen LogP contribution in [0.3, 0.4) is 0 Å². The Bertz CT molecular complexity index is 1300. The summed E-state index contributed by atoms with van der Waals surface area (Å²) in [5, 5.41) is 0. The molecule has 33 heavy (non-hydrogen) atoms. The van der Waals surface area contributed by atoms with E-state index in [4.69, 9.17) is 10.7 Å². The van der Waals surface area contributed by atoms with Gasteiger partial charge >= 0.3 is 0 Å². The average molecular weight is 440 g/mol. The van der Waals surface area contributed by atoms with Crippen molar-refractivity contribution in [1.82, 2.24) is 19.2 Å². The summed E-state index contributed by atoms with van der Waals surface area (Å²) in [6, 6.07) is 20.2. The highest BCUT2D eigenvalue weighted by atomic mass is 16.1. The molecule has 1 fully saturated rings. The molecular weight excluding hydrogens is 410 g/mol. The number of amides is 1. The number of nitrogens with two attached hydrogens (primary N) is 1. The second-order valence-electron chi connectivity index (χ2n) is 8.94. The van der Waals surface area contributed by atoms with E-state index in [0.717, 1.165) is 55.3 Å². The Labute approximate surface area is 194 Å². The van der Waals surface area contributed by atoms with Crippen LogP contribution in [0.15, 0.2) is 66.9 Å². The minimum atomic E-state index is -0.419. The van der Waals surface area contributed by atoms with Gasteiger partial charge in [-0.2, -0.15) is 0 Å². The minimum absolute atomic E-state index is 0.419. The van der Waals surface area contributed by atoms with Crippen LogP contribution in [0.4, 0.5) is 0 Å². The Morgan fingerprint density at radius 2 is 1.67 bits per heavy atom. The van der Waals surface area contributed by atoms with Gasteiger partial charge in [-0.15, -0.1) is 0 Å². The first kappa shape index (κ1) is 21.4. The van der Waals surface area contributed by atoms with Gasteiger partial charge in [-0.05, 0) is 49.4 Å². The summed E-state index contributed by atoms with van der Waals surface area (Å²) >= 11 is 0. The molecule has 2 aromatic carbocycles. The van der Waals surface area contributed by atoms with Crippen LogP contribution >= 0.6 is 0 Å². The van der Waals surface area contributed by atoms with Gasteiger partial charge in [-0.25, -0.2) is 4.98 Å². The minimum Gasteiger partial charge on any atom is -0.366 e. The van der Waals surface area contributed by atoms with E-state index in [2.05, 4.69) is 70.8 Å². The molecule has 2 N–H and O–H groups in total. The van der Waals surface area contributed by atoms with E-state index in [-0.39, 0.29) is 0 Å². The smallest absolute Gasteiger partial charge is 0.248 e. The SMILES string of the molecule is Cc1cccc(-c2ccc3nc(-c4ccc(C(N)=O)cc4)c(CN4CCN(C)CC4)n3c2)c1. The van der Waals surface area contributed by atoms with Gasteiger partial charge in [-0.1, -0.05) is 42.0 Å². The Balaban J connectivity index is 1.61. The highest BCUT2D eigenvalue weighted by Gasteiger charge is 2.20. The molecule has 0 unspecified atom stereocenters. The lowest BCUT2D eigenvalue weighted by Crippen LogP contribution is -2.44. The zero-order valence-electron chi connectivity index (χ0n) is 19.2. The molecule has 0 spiro atoms. The quantitative estimate of drug-likeness (QED) is 0.513. The topological polar surface area (TPSA) is 66.9 Å². The molecule has 1 saturated heterocycles. The van der Waals surface area contributed by atoms with Crippen molar-refractivity contribution in [2.45, 2.75) is 13.5 Å². The second-order valence-corrected chi connectivity index (χ2v) is 8.94. The fourth-order valence-electron chi connectivity index (χ4n) is 4.48. The number of primary amides is 1. The summed E-state index contributed by atoms with van der Waals surface area (Å²) in [5.41, 5.74) is 13.6. The van der Waals surface area contributed by atoms with E-state index < -0.39 is 5.91 Å². The summed E-state index contributed by atoms with van der Waals surface area (Å²) in [6.07, 6.45) is 2.20. The molecule has 2 aromatic heterocycles. The average Bonchev–Trinajstić information content (AvgIpc) is 3.18. The number of carbonyl (C=O) groups is 1. The molecule has 0 atom stereocenters.